The Hall–Kier alpha value is -3.78. The summed E-state index contributed by atoms with van der Waals surface area (Å²) in [5.74, 6) is -0.417. The molecule has 1 aliphatic heterocycles. The summed E-state index contributed by atoms with van der Waals surface area (Å²) in [6, 6.07) is 24.0. The molecule has 0 aliphatic carbocycles. The molecule has 1 N–H and O–H groups in total. The summed E-state index contributed by atoms with van der Waals surface area (Å²) < 4.78 is 5.94. The third kappa shape index (κ3) is 4.81. The van der Waals surface area contributed by atoms with Crippen LogP contribution in [0.2, 0.25) is 10.0 Å². The Kier molecular flexibility index (Phi) is 6.69. The van der Waals surface area contributed by atoms with Gasteiger partial charge in [-0.15, -0.1) is 0 Å². The highest BCUT2D eigenvalue weighted by atomic mass is 35.5. The number of para-hydroxylation sites is 1. The maximum absolute atomic E-state index is 13.4. The van der Waals surface area contributed by atoms with Gasteiger partial charge in [-0.05, 0) is 66.4 Å². The topological polar surface area (TPSA) is 83.1 Å². The SMILES string of the molecule is O=C(O)c1cccc(N=C2S/C(=C/c3ccc(-c4c(Cl)cccc4Cl)o3)C(=O)N2c2ccccc2)c1. The number of amides is 1. The predicted molar refractivity (Wildman–Crippen MR) is 144 cm³/mol. The third-order valence-corrected chi connectivity index (χ3v) is 6.85. The van der Waals surface area contributed by atoms with Crippen LogP contribution < -0.4 is 4.90 Å². The zero-order valence-electron chi connectivity index (χ0n) is 18.4. The van der Waals surface area contributed by atoms with E-state index in [1.165, 1.54) is 17.0 Å². The van der Waals surface area contributed by atoms with Gasteiger partial charge in [-0.1, -0.05) is 53.5 Å². The summed E-state index contributed by atoms with van der Waals surface area (Å²) in [6.07, 6.45) is 1.63. The number of carbonyl (C=O) groups excluding carboxylic acids is 1. The van der Waals surface area contributed by atoms with Crippen molar-refractivity contribution in [2.45, 2.75) is 0 Å². The molecule has 2 heterocycles. The number of hydrogen-bond donors (Lipinski definition) is 1. The maximum atomic E-state index is 13.4. The first-order valence-electron chi connectivity index (χ1n) is 10.7. The van der Waals surface area contributed by atoms with Crippen LogP contribution >= 0.6 is 35.0 Å². The molecule has 178 valence electrons. The number of carbonyl (C=O) groups is 2. The number of aromatic carboxylic acids is 1. The molecule has 1 amide bonds. The molecular formula is C27H16Cl2N2O4S. The monoisotopic (exact) mass is 534 g/mol. The fraction of sp³-hybridized carbons (Fsp3) is 0. The van der Waals surface area contributed by atoms with E-state index in [1.54, 1.807) is 60.7 Å². The lowest BCUT2D eigenvalue weighted by Crippen LogP contribution is -2.28. The largest absolute Gasteiger partial charge is 0.478 e. The molecule has 36 heavy (non-hydrogen) atoms. The van der Waals surface area contributed by atoms with Gasteiger partial charge in [0.2, 0.25) is 0 Å². The van der Waals surface area contributed by atoms with Crippen LogP contribution in [0.5, 0.6) is 0 Å². The van der Waals surface area contributed by atoms with E-state index in [4.69, 9.17) is 27.6 Å². The summed E-state index contributed by atoms with van der Waals surface area (Å²) in [5.41, 5.74) is 1.73. The van der Waals surface area contributed by atoms with Crippen LogP contribution in [0.25, 0.3) is 17.4 Å². The molecule has 9 heteroatoms. The summed E-state index contributed by atoms with van der Waals surface area (Å²) in [7, 11) is 0. The number of anilines is 1. The van der Waals surface area contributed by atoms with Crippen molar-refractivity contribution in [3.05, 3.63) is 111 Å². The maximum Gasteiger partial charge on any atom is 0.335 e. The van der Waals surface area contributed by atoms with Crippen LogP contribution in [-0.2, 0) is 4.79 Å². The summed E-state index contributed by atoms with van der Waals surface area (Å²) >= 11 is 13.8. The molecule has 0 radical (unpaired) electrons. The van der Waals surface area contributed by atoms with Crippen molar-refractivity contribution in [1.29, 1.82) is 0 Å². The van der Waals surface area contributed by atoms with E-state index in [9.17, 15) is 14.7 Å². The standard InChI is InChI=1S/C27H16Cl2N2O4S/c28-20-10-5-11-21(29)24(20)22-13-12-19(35-22)15-23-25(32)31(18-8-2-1-3-9-18)27(36-23)30-17-7-4-6-16(14-17)26(33)34/h1-15H,(H,33,34)/b23-15+,30-27?. The summed E-state index contributed by atoms with van der Waals surface area (Å²) in [4.78, 5) is 31.3. The molecule has 1 fully saturated rings. The number of aliphatic imine (C=N–C) groups is 1. The molecule has 0 saturated carbocycles. The van der Waals surface area contributed by atoms with E-state index in [-0.39, 0.29) is 11.5 Å². The fourth-order valence-electron chi connectivity index (χ4n) is 3.60. The molecule has 1 saturated heterocycles. The van der Waals surface area contributed by atoms with Crippen molar-refractivity contribution in [2.24, 2.45) is 4.99 Å². The third-order valence-electron chi connectivity index (χ3n) is 5.25. The van der Waals surface area contributed by atoms with Gasteiger partial charge in [0, 0.05) is 6.08 Å². The number of rotatable bonds is 5. The van der Waals surface area contributed by atoms with Crippen LogP contribution in [-0.4, -0.2) is 22.2 Å². The van der Waals surface area contributed by atoms with Crippen molar-refractivity contribution < 1.29 is 19.1 Å². The van der Waals surface area contributed by atoms with Gasteiger partial charge >= 0.3 is 5.97 Å². The lowest BCUT2D eigenvalue weighted by atomic mass is 10.2. The number of hydrogen-bond acceptors (Lipinski definition) is 5. The molecule has 3 aromatic carbocycles. The van der Waals surface area contributed by atoms with Crippen LogP contribution in [0.15, 0.2) is 99.2 Å². The van der Waals surface area contributed by atoms with Crippen LogP contribution in [0.1, 0.15) is 16.1 Å². The first kappa shape index (κ1) is 23.9. The molecule has 5 rings (SSSR count). The van der Waals surface area contributed by atoms with Gasteiger partial charge < -0.3 is 9.52 Å². The normalized spacial score (nSPS) is 15.7. The summed E-state index contributed by atoms with van der Waals surface area (Å²) in [5, 5.41) is 10.6. The Morgan fingerprint density at radius 3 is 2.39 bits per heavy atom. The van der Waals surface area contributed by atoms with E-state index in [0.717, 1.165) is 11.8 Å². The molecule has 0 unspecified atom stereocenters. The number of furan rings is 1. The summed E-state index contributed by atoms with van der Waals surface area (Å²) in [6.45, 7) is 0. The average Bonchev–Trinajstić information content (AvgIpc) is 3.44. The zero-order chi connectivity index (χ0) is 25.2. The van der Waals surface area contributed by atoms with Gasteiger partial charge in [-0.3, -0.25) is 9.69 Å². The van der Waals surface area contributed by atoms with E-state index < -0.39 is 5.97 Å². The lowest BCUT2D eigenvalue weighted by molar-refractivity contribution is -0.113. The molecule has 0 spiro atoms. The van der Waals surface area contributed by atoms with E-state index in [2.05, 4.69) is 4.99 Å². The van der Waals surface area contributed by atoms with Gasteiger partial charge in [0.05, 0.1) is 37.5 Å². The van der Waals surface area contributed by atoms with Crippen LogP contribution in [0.4, 0.5) is 11.4 Å². The molecule has 0 atom stereocenters. The smallest absolute Gasteiger partial charge is 0.335 e. The second kappa shape index (κ2) is 10.1. The Bertz CT molecular complexity index is 1530. The van der Waals surface area contributed by atoms with E-state index in [0.29, 0.717) is 48.6 Å². The molecule has 4 aromatic rings. The van der Waals surface area contributed by atoms with E-state index >= 15 is 0 Å². The van der Waals surface area contributed by atoms with Crippen LogP contribution in [0, 0.1) is 0 Å². The van der Waals surface area contributed by atoms with E-state index in [1.807, 2.05) is 18.2 Å². The molecule has 6 nitrogen and oxygen atoms in total. The van der Waals surface area contributed by atoms with Gasteiger partial charge in [0.15, 0.2) is 5.17 Å². The van der Waals surface area contributed by atoms with Gasteiger partial charge in [0.1, 0.15) is 11.5 Å². The number of halogens is 2. The zero-order valence-corrected chi connectivity index (χ0v) is 20.7. The minimum Gasteiger partial charge on any atom is -0.478 e. The fourth-order valence-corrected chi connectivity index (χ4v) is 5.16. The molecule has 0 bridgehead atoms. The highest BCUT2D eigenvalue weighted by Gasteiger charge is 2.35. The minimum atomic E-state index is -1.06. The second-order valence-electron chi connectivity index (χ2n) is 7.64. The van der Waals surface area contributed by atoms with Crippen molar-refractivity contribution in [2.75, 3.05) is 4.90 Å². The van der Waals surface area contributed by atoms with Gasteiger partial charge in [-0.25, -0.2) is 9.79 Å². The van der Waals surface area contributed by atoms with Crippen molar-refractivity contribution in [1.82, 2.24) is 0 Å². The van der Waals surface area contributed by atoms with Crippen molar-refractivity contribution >= 4 is 69.5 Å². The number of benzene rings is 3. The average molecular weight is 535 g/mol. The Labute approximate surface area is 220 Å². The Balaban J connectivity index is 1.53. The van der Waals surface area contributed by atoms with Gasteiger partial charge in [0.25, 0.3) is 5.91 Å². The highest BCUT2D eigenvalue weighted by molar-refractivity contribution is 8.19. The molecule has 1 aliphatic rings. The minimum absolute atomic E-state index is 0.106. The highest BCUT2D eigenvalue weighted by Crippen LogP contribution is 2.39. The number of nitrogens with zero attached hydrogens (tertiary/aromatic N) is 2. The number of carboxylic acid groups (broad SMARTS) is 1. The lowest BCUT2D eigenvalue weighted by Gasteiger charge is -2.15. The first-order chi connectivity index (χ1) is 17.4. The number of carboxylic acids is 1. The first-order valence-corrected chi connectivity index (χ1v) is 12.2. The Morgan fingerprint density at radius 2 is 1.67 bits per heavy atom. The number of thioether (sulfide) groups is 1. The predicted octanol–water partition coefficient (Wildman–Crippen LogP) is 7.76. The number of amidine groups is 1. The molecular weight excluding hydrogens is 519 g/mol. The second-order valence-corrected chi connectivity index (χ2v) is 9.46. The van der Waals surface area contributed by atoms with Crippen molar-refractivity contribution in [3.63, 3.8) is 0 Å². The van der Waals surface area contributed by atoms with Crippen LogP contribution in [0.3, 0.4) is 0 Å². The quantitative estimate of drug-likeness (QED) is 0.264. The van der Waals surface area contributed by atoms with Crippen molar-refractivity contribution in [3.8, 4) is 11.3 Å². The van der Waals surface area contributed by atoms with Gasteiger partial charge in [-0.2, -0.15) is 0 Å². The Morgan fingerprint density at radius 1 is 0.944 bits per heavy atom. The molecule has 1 aromatic heterocycles.